The van der Waals surface area contributed by atoms with E-state index in [2.05, 4.69) is 15.9 Å². The van der Waals surface area contributed by atoms with Gasteiger partial charge in [0.2, 0.25) is 0 Å². The Morgan fingerprint density at radius 3 is 2.24 bits per heavy atom. The molecule has 0 saturated carbocycles. The van der Waals surface area contributed by atoms with Crippen molar-refractivity contribution in [1.82, 2.24) is 0 Å². The molecule has 0 amide bonds. The Balaban J connectivity index is 2.07. The number of benzene rings is 2. The zero-order chi connectivity index (χ0) is 15.4. The smallest absolute Gasteiger partial charge is 0.336 e. The van der Waals surface area contributed by atoms with Crippen LogP contribution in [0, 0.1) is 0 Å². The van der Waals surface area contributed by atoms with Crippen molar-refractivity contribution >= 4 is 27.9 Å². The summed E-state index contributed by atoms with van der Waals surface area (Å²) < 4.78 is 5.99. The van der Waals surface area contributed by atoms with Gasteiger partial charge >= 0.3 is 11.9 Å². The number of hydrogen-bond donors (Lipinski definition) is 2. The molecule has 2 aromatic rings. The second-order valence-electron chi connectivity index (χ2n) is 4.24. The van der Waals surface area contributed by atoms with Gasteiger partial charge in [-0.15, -0.1) is 0 Å². The third kappa shape index (κ3) is 3.82. The zero-order valence-electron chi connectivity index (χ0n) is 10.7. The van der Waals surface area contributed by atoms with Crippen molar-refractivity contribution in [2.45, 2.75) is 6.61 Å². The van der Waals surface area contributed by atoms with Crippen molar-refractivity contribution in [1.29, 1.82) is 0 Å². The van der Waals surface area contributed by atoms with E-state index in [1.165, 1.54) is 18.2 Å². The number of aromatic carboxylic acids is 2. The molecule has 0 bridgehead atoms. The van der Waals surface area contributed by atoms with Crippen molar-refractivity contribution in [3.05, 3.63) is 63.6 Å². The minimum absolute atomic E-state index is 0.119. The average Bonchev–Trinajstić information content (AvgIpc) is 2.46. The predicted octanol–water partition coefficient (Wildman–Crippen LogP) is 3.42. The van der Waals surface area contributed by atoms with Crippen LogP contribution in [-0.4, -0.2) is 22.2 Å². The highest BCUT2D eigenvalue weighted by Gasteiger charge is 2.09. The van der Waals surface area contributed by atoms with Crippen LogP contribution >= 0.6 is 15.9 Å². The molecular formula is C15H11BrO5. The Kier molecular flexibility index (Phi) is 4.59. The fraction of sp³-hybridized carbons (Fsp3) is 0.0667. The minimum atomic E-state index is -1.04. The highest BCUT2D eigenvalue weighted by atomic mass is 79.9. The number of carboxylic acid groups (broad SMARTS) is 2. The quantitative estimate of drug-likeness (QED) is 0.862. The van der Waals surface area contributed by atoms with Gasteiger partial charge in [0.1, 0.15) is 12.4 Å². The minimum Gasteiger partial charge on any atom is -0.489 e. The maximum absolute atomic E-state index is 11.0. The Morgan fingerprint density at radius 2 is 1.67 bits per heavy atom. The summed E-state index contributed by atoms with van der Waals surface area (Å²) in [5.74, 6) is -1.60. The molecule has 5 nitrogen and oxygen atoms in total. The first-order chi connectivity index (χ1) is 9.97. The Labute approximate surface area is 128 Å². The molecule has 0 aliphatic rings. The molecule has 0 fully saturated rings. The lowest BCUT2D eigenvalue weighted by atomic mass is 10.1. The predicted molar refractivity (Wildman–Crippen MR) is 78.8 cm³/mol. The van der Waals surface area contributed by atoms with Gasteiger partial charge in [0.25, 0.3) is 0 Å². The fourth-order valence-electron chi connectivity index (χ4n) is 1.67. The Hall–Kier alpha value is -2.34. The molecule has 0 radical (unpaired) electrons. The molecule has 0 saturated heterocycles. The molecule has 2 rings (SSSR count). The summed E-state index contributed by atoms with van der Waals surface area (Å²) in [5.41, 5.74) is 1.11. The van der Waals surface area contributed by atoms with Crippen LogP contribution in [0.2, 0.25) is 0 Å². The van der Waals surface area contributed by atoms with Crippen LogP contribution in [-0.2, 0) is 6.61 Å². The third-order valence-corrected chi connectivity index (χ3v) is 3.47. The summed E-state index contributed by atoms with van der Waals surface area (Å²) in [6.45, 7) is 0.223. The molecule has 0 aliphatic heterocycles. The molecule has 0 atom stereocenters. The molecule has 0 aliphatic carbocycles. The van der Waals surface area contributed by atoms with E-state index in [0.717, 1.165) is 5.56 Å². The summed E-state index contributed by atoms with van der Waals surface area (Å²) in [5, 5.41) is 17.8. The van der Waals surface area contributed by atoms with E-state index in [-0.39, 0.29) is 17.7 Å². The average molecular weight is 351 g/mol. The summed E-state index contributed by atoms with van der Waals surface area (Å²) in [6.07, 6.45) is 0. The molecule has 108 valence electrons. The van der Waals surface area contributed by atoms with Crippen LogP contribution in [0.5, 0.6) is 5.75 Å². The first kappa shape index (κ1) is 15.1. The Morgan fingerprint density at radius 1 is 1.00 bits per heavy atom. The van der Waals surface area contributed by atoms with Gasteiger partial charge in [0.05, 0.1) is 11.1 Å². The molecule has 6 heteroatoms. The lowest BCUT2D eigenvalue weighted by Gasteiger charge is -2.08. The first-order valence-corrected chi connectivity index (χ1v) is 6.74. The highest BCUT2D eigenvalue weighted by Crippen LogP contribution is 2.23. The molecule has 0 spiro atoms. The molecule has 0 aromatic heterocycles. The summed E-state index contributed by atoms with van der Waals surface area (Å²) >= 11 is 3.16. The molecular weight excluding hydrogens is 340 g/mol. The van der Waals surface area contributed by atoms with Gasteiger partial charge in [0.15, 0.2) is 0 Å². The number of ether oxygens (including phenoxy) is 1. The largest absolute Gasteiger partial charge is 0.489 e. The van der Waals surface area contributed by atoms with Gasteiger partial charge in [0, 0.05) is 4.47 Å². The summed E-state index contributed by atoms with van der Waals surface area (Å²) in [7, 11) is 0. The van der Waals surface area contributed by atoms with E-state index in [0.29, 0.717) is 10.2 Å². The van der Waals surface area contributed by atoms with Crippen LogP contribution in [0.1, 0.15) is 26.3 Å². The van der Waals surface area contributed by atoms with Crippen molar-refractivity contribution in [3.63, 3.8) is 0 Å². The van der Waals surface area contributed by atoms with Crippen molar-refractivity contribution in [2.24, 2.45) is 0 Å². The number of carbonyl (C=O) groups is 2. The van der Waals surface area contributed by atoms with Crippen LogP contribution in [0.25, 0.3) is 0 Å². The van der Waals surface area contributed by atoms with Crippen molar-refractivity contribution in [2.75, 3.05) is 0 Å². The van der Waals surface area contributed by atoms with Crippen LogP contribution < -0.4 is 4.74 Å². The first-order valence-electron chi connectivity index (χ1n) is 5.95. The van der Waals surface area contributed by atoms with Gasteiger partial charge in [-0.25, -0.2) is 9.59 Å². The van der Waals surface area contributed by atoms with Crippen molar-refractivity contribution < 1.29 is 24.5 Å². The van der Waals surface area contributed by atoms with Crippen LogP contribution in [0.4, 0.5) is 0 Å². The second kappa shape index (κ2) is 6.41. The second-order valence-corrected chi connectivity index (χ2v) is 5.09. The number of halogens is 1. The van der Waals surface area contributed by atoms with Crippen LogP contribution in [0.3, 0.4) is 0 Å². The molecule has 0 unspecified atom stereocenters. The van der Waals surface area contributed by atoms with E-state index in [1.54, 1.807) is 24.3 Å². The van der Waals surface area contributed by atoms with Crippen molar-refractivity contribution in [3.8, 4) is 5.75 Å². The SMILES string of the molecule is O=C(O)c1ccc(COc2ccc(Br)c(C(=O)O)c2)cc1. The topological polar surface area (TPSA) is 83.8 Å². The lowest BCUT2D eigenvalue weighted by molar-refractivity contribution is 0.0685. The molecule has 2 N–H and O–H groups in total. The van der Waals surface area contributed by atoms with E-state index in [4.69, 9.17) is 14.9 Å². The zero-order valence-corrected chi connectivity index (χ0v) is 12.3. The highest BCUT2D eigenvalue weighted by molar-refractivity contribution is 9.10. The van der Waals surface area contributed by atoms with Gasteiger partial charge < -0.3 is 14.9 Å². The molecule has 0 heterocycles. The normalized spacial score (nSPS) is 10.1. The monoisotopic (exact) mass is 350 g/mol. The number of rotatable bonds is 5. The number of hydrogen-bond acceptors (Lipinski definition) is 3. The maximum atomic E-state index is 11.0. The van der Waals surface area contributed by atoms with E-state index >= 15 is 0 Å². The van der Waals surface area contributed by atoms with Crippen LogP contribution in [0.15, 0.2) is 46.9 Å². The summed E-state index contributed by atoms with van der Waals surface area (Å²) in [4.78, 5) is 21.7. The summed E-state index contributed by atoms with van der Waals surface area (Å²) in [6, 6.07) is 11.0. The van der Waals surface area contributed by atoms with Gasteiger partial charge in [-0.05, 0) is 51.8 Å². The molecule has 2 aromatic carbocycles. The van der Waals surface area contributed by atoms with E-state index in [1.807, 2.05) is 0 Å². The molecule has 21 heavy (non-hydrogen) atoms. The fourth-order valence-corrected chi connectivity index (χ4v) is 2.08. The standard InChI is InChI=1S/C15H11BrO5/c16-13-6-5-11(7-12(13)15(19)20)21-8-9-1-3-10(4-2-9)14(17)18/h1-7H,8H2,(H,17,18)(H,19,20). The third-order valence-electron chi connectivity index (χ3n) is 2.77. The Bertz CT molecular complexity index is 679. The maximum Gasteiger partial charge on any atom is 0.336 e. The van der Waals surface area contributed by atoms with Gasteiger partial charge in [-0.1, -0.05) is 12.1 Å². The lowest BCUT2D eigenvalue weighted by Crippen LogP contribution is -2.01. The van der Waals surface area contributed by atoms with Gasteiger partial charge in [-0.3, -0.25) is 0 Å². The van der Waals surface area contributed by atoms with Gasteiger partial charge in [-0.2, -0.15) is 0 Å². The number of carboxylic acids is 2. The van der Waals surface area contributed by atoms with E-state index < -0.39 is 11.9 Å². The van der Waals surface area contributed by atoms with E-state index in [9.17, 15) is 9.59 Å².